The summed E-state index contributed by atoms with van der Waals surface area (Å²) in [7, 11) is 0. The Bertz CT molecular complexity index is 1610. The molecule has 0 fully saturated rings. The van der Waals surface area contributed by atoms with E-state index in [1.54, 1.807) is 16.8 Å². The molecular weight excluding hydrogens is 446 g/mol. The number of amides is 1. The summed E-state index contributed by atoms with van der Waals surface area (Å²) in [6.45, 7) is 6.01. The quantitative estimate of drug-likeness (QED) is 0.299. The van der Waals surface area contributed by atoms with Crippen molar-refractivity contribution in [3.63, 3.8) is 0 Å². The minimum absolute atomic E-state index is 0.188. The molecule has 0 atom stereocenters. The highest BCUT2D eigenvalue weighted by Crippen LogP contribution is 2.34. The molecule has 5 aromatic rings. The number of benzene rings is 4. The second-order valence-electron chi connectivity index (χ2n) is 9.07. The zero-order chi connectivity index (χ0) is 25.2. The van der Waals surface area contributed by atoms with Gasteiger partial charge in [-0.05, 0) is 57.2 Å². The Morgan fingerprint density at radius 3 is 2.11 bits per heavy atom. The lowest BCUT2D eigenvalue weighted by Crippen LogP contribution is -2.17. The van der Waals surface area contributed by atoms with E-state index in [0.717, 1.165) is 27.9 Å². The Balaban J connectivity index is 1.67. The molecule has 0 saturated heterocycles. The average Bonchev–Trinajstić information content (AvgIpc) is 3.22. The number of nitrogens with zero attached hydrogens (tertiary/aromatic N) is 1. The molecule has 36 heavy (non-hydrogen) atoms. The van der Waals surface area contributed by atoms with Gasteiger partial charge in [0, 0.05) is 22.4 Å². The fourth-order valence-electron chi connectivity index (χ4n) is 4.28. The topological polar surface area (TPSA) is 66.9 Å². The van der Waals surface area contributed by atoms with Gasteiger partial charge in [0.15, 0.2) is 0 Å². The molecule has 5 heteroatoms. The fraction of sp³-hybridized carbons (Fsp3) is 0.0968. The number of para-hydroxylation sites is 1. The minimum atomic E-state index is -0.228. The molecule has 0 aliphatic rings. The van der Waals surface area contributed by atoms with Crippen LogP contribution in [0.4, 0.5) is 5.69 Å². The first-order chi connectivity index (χ1) is 17.4. The van der Waals surface area contributed by atoms with Crippen molar-refractivity contribution in [2.45, 2.75) is 20.8 Å². The van der Waals surface area contributed by atoms with Crippen LogP contribution in [0.1, 0.15) is 27.0 Å². The van der Waals surface area contributed by atoms with Crippen LogP contribution in [0.25, 0.3) is 28.1 Å². The van der Waals surface area contributed by atoms with E-state index in [1.807, 2.05) is 106 Å². The number of hydrogen-bond acceptors (Lipinski definition) is 2. The lowest BCUT2D eigenvalue weighted by Gasteiger charge is -2.11. The zero-order valence-corrected chi connectivity index (χ0v) is 20.5. The van der Waals surface area contributed by atoms with Crippen LogP contribution in [0.5, 0.6) is 0 Å². The molecular formula is C31H27N3O2. The maximum Gasteiger partial charge on any atom is 0.279 e. The van der Waals surface area contributed by atoms with E-state index in [-0.39, 0.29) is 11.5 Å². The Morgan fingerprint density at radius 2 is 1.42 bits per heavy atom. The van der Waals surface area contributed by atoms with Crippen LogP contribution in [0.15, 0.2) is 102 Å². The molecule has 5 rings (SSSR count). The first-order valence-corrected chi connectivity index (χ1v) is 11.9. The molecule has 178 valence electrons. The highest BCUT2D eigenvalue weighted by atomic mass is 16.1. The number of nitrogens with one attached hydrogen (secondary N) is 2. The SMILES string of the molecule is Cc1ccc(C(=O)Nc2ccccc2-c2c(-c3cccc(C)c3)[nH]n(-c3ccc(C)cc3)c2=O)cc1. The van der Waals surface area contributed by atoms with E-state index in [1.165, 1.54) is 0 Å². The number of anilines is 1. The van der Waals surface area contributed by atoms with Crippen LogP contribution in [0, 0.1) is 20.8 Å². The van der Waals surface area contributed by atoms with Gasteiger partial charge in [-0.3, -0.25) is 14.7 Å². The van der Waals surface area contributed by atoms with E-state index >= 15 is 0 Å². The summed E-state index contributed by atoms with van der Waals surface area (Å²) in [6.07, 6.45) is 0. The van der Waals surface area contributed by atoms with Crippen molar-refractivity contribution in [3.8, 4) is 28.1 Å². The van der Waals surface area contributed by atoms with Gasteiger partial charge in [-0.1, -0.05) is 77.4 Å². The third-order valence-corrected chi connectivity index (χ3v) is 6.25. The van der Waals surface area contributed by atoms with E-state index in [0.29, 0.717) is 28.1 Å². The number of aryl methyl sites for hydroxylation is 3. The summed E-state index contributed by atoms with van der Waals surface area (Å²) in [5.74, 6) is -0.228. The molecule has 0 aliphatic heterocycles. The maximum absolute atomic E-state index is 13.9. The monoisotopic (exact) mass is 473 g/mol. The largest absolute Gasteiger partial charge is 0.321 e. The van der Waals surface area contributed by atoms with Crippen LogP contribution in [0.2, 0.25) is 0 Å². The molecule has 5 nitrogen and oxygen atoms in total. The first-order valence-electron chi connectivity index (χ1n) is 11.9. The van der Waals surface area contributed by atoms with Crippen molar-refractivity contribution in [1.29, 1.82) is 0 Å². The van der Waals surface area contributed by atoms with Gasteiger partial charge in [0.2, 0.25) is 0 Å². The average molecular weight is 474 g/mol. The Kier molecular flexibility index (Phi) is 6.13. The van der Waals surface area contributed by atoms with Crippen molar-refractivity contribution >= 4 is 11.6 Å². The summed E-state index contributed by atoms with van der Waals surface area (Å²) in [5, 5.41) is 6.36. The predicted octanol–water partition coefficient (Wildman–Crippen LogP) is 6.68. The van der Waals surface area contributed by atoms with E-state index in [2.05, 4.69) is 10.4 Å². The molecule has 1 heterocycles. The first kappa shape index (κ1) is 23.1. The van der Waals surface area contributed by atoms with Crippen molar-refractivity contribution < 1.29 is 4.79 Å². The summed E-state index contributed by atoms with van der Waals surface area (Å²) >= 11 is 0. The molecule has 0 spiro atoms. The Hall–Kier alpha value is -4.64. The second kappa shape index (κ2) is 9.55. The second-order valence-corrected chi connectivity index (χ2v) is 9.07. The van der Waals surface area contributed by atoms with Gasteiger partial charge in [-0.2, -0.15) is 0 Å². The molecule has 0 saturated carbocycles. The summed E-state index contributed by atoms with van der Waals surface area (Å²) < 4.78 is 1.56. The standard InChI is InChI=1S/C31H27N3O2/c1-20-11-15-23(16-12-20)30(35)32-27-10-5-4-9-26(27)28-29(24-8-6-7-22(3)19-24)33-34(31(28)36)25-17-13-21(2)14-18-25/h4-19,33H,1-3H3,(H,32,35). The van der Waals surface area contributed by atoms with Crippen LogP contribution >= 0.6 is 0 Å². The lowest BCUT2D eigenvalue weighted by molar-refractivity contribution is 0.102. The van der Waals surface area contributed by atoms with Crippen molar-refractivity contribution in [1.82, 2.24) is 9.78 Å². The number of hydrogen-bond donors (Lipinski definition) is 2. The normalized spacial score (nSPS) is 10.9. The van der Waals surface area contributed by atoms with Crippen LogP contribution in [0.3, 0.4) is 0 Å². The lowest BCUT2D eigenvalue weighted by atomic mass is 9.99. The molecule has 2 N–H and O–H groups in total. The number of carbonyl (C=O) groups excluding carboxylic acids is 1. The van der Waals surface area contributed by atoms with Gasteiger partial charge in [0.05, 0.1) is 16.9 Å². The van der Waals surface area contributed by atoms with Gasteiger partial charge in [0.25, 0.3) is 11.5 Å². The van der Waals surface area contributed by atoms with E-state index in [4.69, 9.17) is 0 Å². The molecule has 0 radical (unpaired) electrons. The van der Waals surface area contributed by atoms with E-state index in [9.17, 15) is 9.59 Å². The summed E-state index contributed by atoms with van der Waals surface area (Å²) in [5.41, 5.74) is 7.71. The predicted molar refractivity (Wildman–Crippen MR) is 146 cm³/mol. The van der Waals surface area contributed by atoms with Gasteiger partial charge >= 0.3 is 0 Å². The molecule has 0 unspecified atom stereocenters. The van der Waals surface area contributed by atoms with Crippen molar-refractivity contribution in [3.05, 3.63) is 130 Å². The number of rotatable bonds is 5. The third kappa shape index (κ3) is 4.51. The van der Waals surface area contributed by atoms with Gasteiger partial charge in [-0.25, -0.2) is 4.68 Å². The van der Waals surface area contributed by atoms with Crippen LogP contribution < -0.4 is 10.9 Å². The Labute approximate surface area is 210 Å². The Morgan fingerprint density at radius 1 is 0.750 bits per heavy atom. The van der Waals surface area contributed by atoms with Gasteiger partial charge in [0.1, 0.15) is 0 Å². The highest BCUT2D eigenvalue weighted by molar-refractivity contribution is 6.06. The third-order valence-electron chi connectivity index (χ3n) is 6.25. The van der Waals surface area contributed by atoms with E-state index < -0.39 is 0 Å². The number of H-pyrrole nitrogens is 1. The van der Waals surface area contributed by atoms with Crippen LogP contribution in [-0.4, -0.2) is 15.7 Å². The smallest absolute Gasteiger partial charge is 0.279 e. The number of carbonyl (C=O) groups is 1. The minimum Gasteiger partial charge on any atom is -0.321 e. The van der Waals surface area contributed by atoms with Crippen LogP contribution in [-0.2, 0) is 0 Å². The maximum atomic E-state index is 13.9. The fourth-order valence-corrected chi connectivity index (χ4v) is 4.28. The van der Waals surface area contributed by atoms with Crippen molar-refractivity contribution in [2.75, 3.05) is 5.32 Å². The summed E-state index contributed by atoms with van der Waals surface area (Å²) in [4.78, 5) is 26.9. The molecule has 0 bridgehead atoms. The zero-order valence-electron chi connectivity index (χ0n) is 20.5. The number of aromatic nitrogens is 2. The summed E-state index contributed by atoms with van der Waals surface area (Å²) in [6, 6.07) is 30.6. The molecule has 1 aromatic heterocycles. The molecule has 4 aromatic carbocycles. The highest BCUT2D eigenvalue weighted by Gasteiger charge is 2.22. The molecule has 1 amide bonds. The molecule has 0 aliphatic carbocycles. The van der Waals surface area contributed by atoms with Gasteiger partial charge < -0.3 is 5.32 Å². The van der Waals surface area contributed by atoms with Gasteiger partial charge in [-0.15, -0.1) is 0 Å². The number of aromatic amines is 1. The van der Waals surface area contributed by atoms with Crippen molar-refractivity contribution in [2.24, 2.45) is 0 Å².